The maximum absolute atomic E-state index is 10.6. The third kappa shape index (κ3) is 1.95. The van der Waals surface area contributed by atoms with E-state index in [9.17, 15) is 8.42 Å². The van der Waals surface area contributed by atoms with Crippen molar-refractivity contribution >= 4 is 10.1 Å². The monoisotopic (exact) mass is 150 g/mol. The predicted molar refractivity (Wildman–Crippen MR) is 33.5 cm³/mol. The van der Waals surface area contributed by atoms with Crippen LogP contribution in [0.4, 0.5) is 0 Å². The van der Waals surface area contributed by atoms with E-state index in [2.05, 4.69) is 4.18 Å². The van der Waals surface area contributed by atoms with Crippen LogP contribution >= 0.6 is 0 Å². The van der Waals surface area contributed by atoms with Gasteiger partial charge in [-0.15, -0.1) is 0 Å². The van der Waals surface area contributed by atoms with Gasteiger partial charge in [0.25, 0.3) is 10.1 Å². The molecular formula is C5H10O3S. The van der Waals surface area contributed by atoms with Gasteiger partial charge in [-0.2, -0.15) is 8.42 Å². The Kier molecular flexibility index (Phi) is 1.77. The van der Waals surface area contributed by atoms with E-state index in [0.717, 1.165) is 6.42 Å². The van der Waals surface area contributed by atoms with E-state index in [-0.39, 0.29) is 11.7 Å². The molecule has 0 bridgehead atoms. The van der Waals surface area contributed by atoms with E-state index >= 15 is 0 Å². The molecule has 1 aliphatic heterocycles. The molecule has 0 unspecified atom stereocenters. The first-order valence-corrected chi connectivity index (χ1v) is 4.55. The fourth-order valence-electron chi connectivity index (χ4n) is 0.856. The molecule has 1 atom stereocenters. The lowest BCUT2D eigenvalue weighted by Gasteiger charge is -2.16. The minimum atomic E-state index is -3.13. The molecule has 1 heterocycles. The molecule has 4 heteroatoms. The summed E-state index contributed by atoms with van der Waals surface area (Å²) < 4.78 is 25.8. The molecule has 1 saturated heterocycles. The molecule has 0 spiro atoms. The van der Waals surface area contributed by atoms with E-state index in [0.29, 0.717) is 6.61 Å². The number of hydrogen-bond donors (Lipinski definition) is 0. The van der Waals surface area contributed by atoms with Crippen molar-refractivity contribution in [2.45, 2.75) is 13.3 Å². The van der Waals surface area contributed by atoms with Gasteiger partial charge in [-0.25, -0.2) is 0 Å². The minimum Gasteiger partial charge on any atom is -0.270 e. The van der Waals surface area contributed by atoms with Crippen molar-refractivity contribution in [2.24, 2.45) is 5.92 Å². The summed E-state index contributed by atoms with van der Waals surface area (Å²) in [5.41, 5.74) is 0. The lowest BCUT2D eigenvalue weighted by molar-refractivity contribution is 0.264. The molecule has 0 amide bonds. The predicted octanol–water partition coefficient (Wildman–Crippen LogP) is 0.373. The SMILES string of the molecule is C[C@H]1CCOS(=O)(=O)C1. The summed E-state index contributed by atoms with van der Waals surface area (Å²) in [5, 5.41) is 0. The zero-order valence-corrected chi connectivity index (χ0v) is 6.15. The Morgan fingerprint density at radius 2 is 2.22 bits per heavy atom. The van der Waals surface area contributed by atoms with Crippen molar-refractivity contribution in [3.63, 3.8) is 0 Å². The third-order valence-electron chi connectivity index (χ3n) is 1.36. The fourth-order valence-corrected chi connectivity index (χ4v) is 2.17. The standard InChI is InChI=1S/C5H10O3S/c1-5-2-3-8-9(6,7)4-5/h5H,2-4H2,1H3/t5-/m0/s1. The smallest absolute Gasteiger partial charge is 0.267 e. The molecule has 0 aromatic rings. The van der Waals surface area contributed by atoms with E-state index in [1.54, 1.807) is 0 Å². The van der Waals surface area contributed by atoms with E-state index in [1.807, 2.05) is 6.92 Å². The maximum Gasteiger partial charge on any atom is 0.267 e. The van der Waals surface area contributed by atoms with Crippen molar-refractivity contribution < 1.29 is 12.6 Å². The minimum absolute atomic E-state index is 0.188. The van der Waals surface area contributed by atoms with Gasteiger partial charge in [0.05, 0.1) is 12.4 Å². The normalized spacial score (nSPS) is 34.1. The summed E-state index contributed by atoms with van der Waals surface area (Å²) in [6.45, 7) is 2.28. The lowest BCUT2D eigenvalue weighted by atomic mass is 10.1. The zero-order chi connectivity index (χ0) is 6.91. The highest BCUT2D eigenvalue weighted by Crippen LogP contribution is 2.13. The first kappa shape index (κ1) is 7.02. The Bertz CT molecular complexity index is 182. The molecule has 0 N–H and O–H groups in total. The summed E-state index contributed by atoms with van der Waals surface area (Å²) >= 11 is 0. The van der Waals surface area contributed by atoms with Crippen molar-refractivity contribution in [3.8, 4) is 0 Å². The van der Waals surface area contributed by atoms with Crippen molar-refractivity contribution in [2.75, 3.05) is 12.4 Å². The van der Waals surface area contributed by atoms with Crippen LogP contribution in [0.5, 0.6) is 0 Å². The molecule has 0 saturated carbocycles. The van der Waals surface area contributed by atoms with Crippen LogP contribution in [0.2, 0.25) is 0 Å². The van der Waals surface area contributed by atoms with Gasteiger partial charge in [0, 0.05) is 0 Å². The Morgan fingerprint density at radius 3 is 2.56 bits per heavy atom. The first-order valence-electron chi connectivity index (χ1n) is 2.97. The average Bonchev–Trinajstić information content (AvgIpc) is 1.60. The second kappa shape index (κ2) is 2.27. The molecule has 3 nitrogen and oxygen atoms in total. The highest BCUT2D eigenvalue weighted by Gasteiger charge is 2.21. The van der Waals surface area contributed by atoms with Crippen LogP contribution in [-0.2, 0) is 14.3 Å². The Morgan fingerprint density at radius 1 is 1.56 bits per heavy atom. The molecule has 1 aliphatic rings. The second-order valence-electron chi connectivity index (χ2n) is 2.44. The second-order valence-corrected chi connectivity index (χ2v) is 4.12. The van der Waals surface area contributed by atoms with Crippen LogP contribution in [0.3, 0.4) is 0 Å². The molecule has 0 aromatic carbocycles. The highest BCUT2D eigenvalue weighted by atomic mass is 32.2. The molecule has 1 fully saturated rings. The summed E-state index contributed by atoms with van der Waals surface area (Å²) in [7, 11) is -3.13. The lowest BCUT2D eigenvalue weighted by Crippen LogP contribution is -2.24. The number of hydrogen-bond acceptors (Lipinski definition) is 3. The molecular weight excluding hydrogens is 140 g/mol. The largest absolute Gasteiger partial charge is 0.270 e. The molecule has 0 radical (unpaired) electrons. The van der Waals surface area contributed by atoms with Gasteiger partial charge in [-0.3, -0.25) is 4.18 Å². The molecule has 54 valence electrons. The third-order valence-corrected chi connectivity index (χ3v) is 2.87. The molecule has 9 heavy (non-hydrogen) atoms. The Hall–Kier alpha value is -0.0900. The first-order chi connectivity index (χ1) is 4.10. The number of rotatable bonds is 0. The van der Waals surface area contributed by atoms with Gasteiger partial charge in [0.1, 0.15) is 0 Å². The van der Waals surface area contributed by atoms with Crippen LogP contribution in [0, 0.1) is 5.92 Å². The molecule has 0 aliphatic carbocycles. The van der Waals surface area contributed by atoms with E-state index < -0.39 is 10.1 Å². The molecule has 0 aromatic heterocycles. The molecule has 1 rings (SSSR count). The topological polar surface area (TPSA) is 43.4 Å². The summed E-state index contributed by atoms with van der Waals surface area (Å²) in [6, 6.07) is 0. The van der Waals surface area contributed by atoms with Gasteiger partial charge in [0.15, 0.2) is 0 Å². The van der Waals surface area contributed by atoms with Crippen LogP contribution in [0.15, 0.2) is 0 Å². The summed E-state index contributed by atoms with van der Waals surface area (Å²) in [4.78, 5) is 0. The van der Waals surface area contributed by atoms with Gasteiger partial charge in [-0.05, 0) is 12.3 Å². The fraction of sp³-hybridized carbons (Fsp3) is 1.00. The van der Waals surface area contributed by atoms with Crippen molar-refractivity contribution in [1.82, 2.24) is 0 Å². The van der Waals surface area contributed by atoms with Crippen LogP contribution in [0.1, 0.15) is 13.3 Å². The van der Waals surface area contributed by atoms with Gasteiger partial charge in [-0.1, -0.05) is 6.92 Å². The van der Waals surface area contributed by atoms with Gasteiger partial charge >= 0.3 is 0 Å². The highest BCUT2D eigenvalue weighted by molar-refractivity contribution is 7.86. The zero-order valence-electron chi connectivity index (χ0n) is 5.33. The van der Waals surface area contributed by atoms with Crippen LogP contribution in [0.25, 0.3) is 0 Å². The van der Waals surface area contributed by atoms with E-state index in [1.165, 1.54) is 0 Å². The van der Waals surface area contributed by atoms with Crippen molar-refractivity contribution in [3.05, 3.63) is 0 Å². The maximum atomic E-state index is 10.6. The average molecular weight is 150 g/mol. The van der Waals surface area contributed by atoms with Crippen molar-refractivity contribution in [1.29, 1.82) is 0 Å². The Balaban J connectivity index is 2.62. The van der Waals surface area contributed by atoms with Gasteiger partial charge in [0.2, 0.25) is 0 Å². The van der Waals surface area contributed by atoms with E-state index in [4.69, 9.17) is 0 Å². The quantitative estimate of drug-likeness (QED) is 0.469. The van der Waals surface area contributed by atoms with Crippen LogP contribution in [-0.4, -0.2) is 20.8 Å². The van der Waals surface area contributed by atoms with Crippen LogP contribution < -0.4 is 0 Å². The van der Waals surface area contributed by atoms with Gasteiger partial charge < -0.3 is 0 Å². The Labute approximate surface area is 55.1 Å². The summed E-state index contributed by atoms with van der Waals surface area (Å²) in [6.07, 6.45) is 0.860. The summed E-state index contributed by atoms with van der Waals surface area (Å²) in [5.74, 6) is 0.455.